The molecule has 0 unspecified atom stereocenters. The van der Waals surface area contributed by atoms with Crippen molar-refractivity contribution >= 4 is 35.0 Å². The zero-order valence-corrected chi connectivity index (χ0v) is 14.7. The van der Waals surface area contributed by atoms with Crippen LogP contribution in [0.1, 0.15) is 11.1 Å². The van der Waals surface area contributed by atoms with Crippen LogP contribution in [-0.4, -0.2) is 9.97 Å². The van der Waals surface area contributed by atoms with Gasteiger partial charge in [-0.1, -0.05) is 23.7 Å². The van der Waals surface area contributed by atoms with Gasteiger partial charge >= 0.3 is 6.18 Å². The van der Waals surface area contributed by atoms with E-state index in [1.165, 1.54) is 6.07 Å². The van der Waals surface area contributed by atoms with E-state index in [0.29, 0.717) is 10.8 Å². The van der Waals surface area contributed by atoms with Crippen LogP contribution in [0.2, 0.25) is 5.02 Å². The van der Waals surface area contributed by atoms with Gasteiger partial charge in [-0.3, -0.25) is 0 Å². The monoisotopic (exact) mass is 393 g/mol. The van der Waals surface area contributed by atoms with Gasteiger partial charge < -0.3 is 5.32 Å². The smallest absolute Gasteiger partial charge is 0.324 e. The van der Waals surface area contributed by atoms with Crippen LogP contribution in [-0.2, 0) is 11.9 Å². The first-order valence-corrected chi connectivity index (χ1v) is 8.99. The van der Waals surface area contributed by atoms with E-state index < -0.39 is 11.7 Å². The maximum atomic E-state index is 12.9. The van der Waals surface area contributed by atoms with Crippen LogP contribution in [0.4, 0.5) is 24.8 Å². The molecule has 3 nitrogen and oxygen atoms in total. The minimum atomic E-state index is -4.40. The van der Waals surface area contributed by atoms with Gasteiger partial charge in [0, 0.05) is 38.7 Å². The molecule has 0 spiro atoms. The standard InChI is InChI=1S/C18H11ClF3N3S/c19-12-4-5-14-15(7-12)26-9-10-8-23-17(25-16(10)14)24-13-3-1-2-11(6-13)18(20,21)22/h1-8H,9H2,(H,23,24,25). The molecule has 0 amide bonds. The predicted molar refractivity (Wildman–Crippen MR) is 96.8 cm³/mol. The number of alkyl halides is 3. The highest BCUT2D eigenvalue weighted by molar-refractivity contribution is 7.98. The Kier molecular flexibility index (Phi) is 4.28. The van der Waals surface area contributed by atoms with Crippen molar-refractivity contribution in [2.75, 3.05) is 5.32 Å². The number of anilines is 2. The zero-order valence-electron chi connectivity index (χ0n) is 13.1. The molecule has 0 aliphatic carbocycles. The van der Waals surface area contributed by atoms with Gasteiger partial charge in [-0.15, -0.1) is 11.8 Å². The molecule has 0 fully saturated rings. The molecule has 4 rings (SSSR count). The highest BCUT2D eigenvalue weighted by Gasteiger charge is 2.30. The second-order valence-corrected chi connectivity index (χ2v) is 7.15. The Morgan fingerprint density at radius 1 is 1.12 bits per heavy atom. The number of hydrogen-bond donors (Lipinski definition) is 1. The van der Waals surface area contributed by atoms with Crippen LogP contribution < -0.4 is 5.32 Å². The quantitative estimate of drug-likeness (QED) is 0.565. The molecule has 132 valence electrons. The number of nitrogens with zero attached hydrogens (tertiary/aromatic N) is 2. The molecule has 0 atom stereocenters. The highest BCUT2D eigenvalue weighted by Crippen LogP contribution is 2.41. The number of fused-ring (bicyclic) bond motifs is 3. The molecule has 1 N–H and O–H groups in total. The van der Waals surface area contributed by atoms with Crippen LogP contribution in [0.5, 0.6) is 0 Å². The lowest BCUT2D eigenvalue weighted by molar-refractivity contribution is -0.137. The van der Waals surface area contributed by atoms with Crippen LogP contribution in [0.3, 0.4) is 0 Å². The van der Waals surface area contributed by atoms with Crippen LogP contribution >= 0.6 is 23.4 Å². The van der Waals surface area contributed by atoms with Gasteiger partial charge in [0.15, 0.2) is 0 Å². The van der Waals surface area contributed by atoms with E-state index in [1.54, 1.807) is 30.1 Å². The first-order chi connectivity index (χ1) is 12.4. The molecule has 0 bridgehead atoms. The lowest BCUT2D eigenvalue weighted by Gasteiger charge is -2.19. The summed E-state index contributed by atoms with van der Waals surface area (Å²) in [6, 6.07) is 10.5. The SMILES string of the molecule is FC(F)(F)c1cccc(Nc2ncc3c(n2)-c2ccc(Cl)cc2SC3)c1. The van der Waals surface area contributed by atoms with Crippen molar-refractivity contribution in [3.05, 3.63) is 64.8 Å². The van der Waals surface area contributed by atoms with Gasteiger partial charge in [0.25, 0.3) is 0 Å². The third kappa shape index (κ3) is 3.37. The third-order valence-electron chi connectivity index (χ3n) is 3.89. The third-order valence-corrected chi connectivity index (χ3v) is 5.23. The second-order valence-electron chi connectivity index (χ2n) is 5.70. The van der Waals surface area contributed by atoms with Crippen LogP contribution in [0, 0.1) is 0 Å². The first-order valence-electron chi connectivity index (χ1n) is 7.63. The summed E-state index contributed by atoms with van der Waals surface area (Å²) in [5, 5.41) is 3.50. The molecule has 2 aromatic carbocycles. The number of halogens is 4. The average Bonchev–Trinajstić information content (AvgIpc) is 2.61. The summed E-state index contributed by atoms with van der Waals surface area (Å²) in [7, 11) is 0. The van der Waals surface area contributed by atoms with E-state index in [-0.39, 0.29) is 11.6 Å². The Morgan fingerprint density at radius 2 is 1.96 bits per heavy atom. The average molecular weight is 394 g/mol. The number of hydrogen-bond acceptors (Lipinski definition) is 4. The van der Waals surface area contributed by atoms with Crippen LogP contribution in [0.25, 0.3) is 11.3 Å². The van der Waals surface area contributed by atoms with E-state index in [9.17, 15) is 13.2 Å². The van der Waals surface area contributed by atoms with E-state index in [1.807, 2.05) is 12.1 Å². The van der Waals surface area contributed by atoms with Crippen molar-refractivity contribution in [3.8, 4) is 11.3 Å². The Morgan fingerprint density at radius 3 is 2.77 bits per heavy atom. The van der Waals surface area contributed by atoms with Crippen molar-refractivity contribution in [1.29, 1.82) is 0 Å². The second kappa shape index (κ2) is 6.48. The fraction of sp³-hybridized carbons (Fsp3) is 0.111. The fourth-order valence-corrected chi connectivity index (χ4v) is 3.96. The highest BCUT2D eigenvalue weighted by atomic mass is 35.5. The van der Waals surface area contributed by atoms with Crippen molar-refractivity contribution in [3.63, 3.8) is 0 Å². The minimum Gasteiger partial charge on any atom is -0.324 e. The number of rotatable bonds is 2. The molecule has 3 aromatic rings. The van der Waals surface area contributed by atoms with Crippen LogP contribution in [0.15, 0.2) is 53.6 Å². The van der Waals surface area contributed by atoms with E-state index in [4.69, 9.17) is 11.6 Å². The number of thioether (sulfide) groups is 1. The summed E-state index contributed by atoms with van der Waals surface area (Å²) in [5.41, 5.74) is 2.23. The number of aromatic nitrogens is 2. The summed E-state index contributed by atoms with van der Waals surface area (Å²) in [4.78, 5) is 9.76. The Bertz CT molecular complexity index is 992. The molecular formula is C18H11ClF3N3S. The van der Waals surface area contributed by atoms with Gasteiger partial charge in [0.1, 0.15) is 0 Å². The molecule has 0 saturated carbocycles. The molecule has 26 heavy (non-hydrogen) atoms. The maximum Gasteiger partial charge on any atom is 0.416 e. The molecule has 0 radical (unpaired) electrons. The summed E-state index contributed by atoms with van der Waals surface area (Å²) in [5.74, 6) is 0.961. The summed E-state index contributed by atoms with van der Waals surface area (Å²) in [6.45, 7) is 0. The lowest BCUT2D eigenvalue weighted by Crippen LogP contribution is -2.07. The van der Waals surface area contributed by atoms with Crippen molar-refractivity contribution < 1.29 is 13.2 Å². The fourth-order valence-electron chi connectivity index (χ4n) is 2.67. The Balaban J connectivity index is 1.68. The van der Waals surface area contributed by atoms with E-state index in [2.05, 4.69) is 15.3 Å². The number of benzene rings is 2. The molecule has 2 heterocycles. The lowest BCUT2D eigenvalue weighted by atomic mass is 10.1. The summed E-state index contributed by atoms with van der Waals surface area (Å²) in [6.07, 6.45) is -2.70. The zero-order chi connectivity index (χ0) is 18.3. The summed E-state index contributed by atoms with van der Waals surface area (Å²) >= 11 is 7.69. The normalized spacial score (nSPS) is 13.1. The topological polar surface area (TPSA) is 37.8 Å². The first kappa shape index (κ1) is 17.2. The van der Waals surface area contributed by atoms with Gasteiger partial charge in [0.2, 0.25) is 5.95 Å². The van der Waals surface area contributed by atoms with Crippen molar-refractivity contribution in [1.82, 2.24) is 9.97 Å². The Labute approximate surface area is 156 Å². The maximum absolute atomic E-state index is 12.9. The number of nitrogens with one attached hydrogen (secondary N) is 1. The largest absolute Gasteiger partial charge is 0.416 e. The molecule has 1 aromatic heterocycles. The van der Waals surface area contributed by atoms with Gasteiger partial charge in [0.05, 0.1) is 11.3 Å². The summed E-state index contributed by atoms with van der Waals surface area (Å²) < 4.78 is 38.6. The molecule has 1 aliphatic heterocycles. The Hall–Kier alpha value is -2.25. The minimum absolute atomic E-state index is 0.246. The predicted octanol–water partition coefficient (Wildman–Crippen LogP) is 6.17. The van der Waals surface area contributed by atoms with E-state index in [0.717, 1.165) is 33.8 Å². The molecule has 1 aliphatic rings. The van der Waals surface area contributed by atoms with Crippen molar-refractivity contribution in [2.24, 2.45) is 0 Å². The molecule has 8 heteroatoms. The van der Waals surface area contributed by atoms with Gasteiger partial charge in [-0.25, -0.2) is 9.97 Å². The van der Waals surface area contributed by atoms with E-state index >= 15 is 0 Å². The molecule has 0 saturated heterocycles. The molecular weight excluding hydrogens is 383 g/mol. The van der Waals surface area contributed by atoms with Gasteiger partial charge in [-0.2, -0.15) is 13.2 Å². The van der Waals surface area contributed by atoms with Crippen molar-refractivity contribution in [2.45, 2.75) is 16.8 Å². The van der Waals surface area contributed by atoms with Gasteiger partial charge in [-0.05, 0) is 30.3 Å².